The third kappa shape index (κ3) is 4.79. The first kappa shape index (κ1) is 18.4. The van der Waals surface area contributed by atoms with Crippen molar-refractivity contribution in [3.8, 4) is 5.75 Å². The van der Waals surface area contributed by atoms with Crippen LogP contribution >= 0.6 is 0 Å². The fourth-order valence-corrected chi connectivity index (χ4v) is 2.15. The molecule has 1 aromatic carbocycles. The fraction of sp³-hybridized carbons (Fsp3) is 0.353. The molecule has 0 saturated heterocycles. The summed E-state index contributed by atoms with van der Waals surface area (Å²) in [5, 5.41) is 6.86. The van der Waals surface area contributed by atoms with E-state index in [-0.39, 0.29) is 0 Å². The lowest BCUT2D eigenvalue weighted by Crippen LogP contribution is -2.29. The minimum absolute atomic E-state index is 0.330. The molecule has 2 rings (SSSR count). The van der Waals surface area contributed by atoms with Gasteiger partial charge >= 0.3 is 5.97 Å². The molecule has 7 nitrogen and oxygen atoms in total. The van der Waals surface area contributed by atoms with Crippen LogP contribution in [0.2, 0.25) is 0 Å². The molecule has 1 aromatic heterocycles. The van der Waals surface area contributed by atoms with Crippen LogP contribution in [0.25, 0.3) is 0 Å². The second-order valence-corrected chi connectivity index (χ2v) is 5.54. The largest absolute Gasteiger partial charge is 0.479 e. The highest BCUT2D eigenvalue weighted by molar-refractivity contribution is 5.94. The standard InChI is InChI=1S/C17H20FN3O4/c1-10-16(11(2)21(4)20-10)19-15(22)9-24-17(23)12(3)25-14-7-5-13(18)6-8-14/h5-8,12H,9H2,1-4H3,(H,19,22)/t12-/m0/s1. The average molecular weight is 349 g/mol. The van der Waals surface area contributed by atoms with Crippen LogP contribution in [0.5, 0.6) is 5.75 Å². The number of benzene rings is 1. The number of hydrogen-bond acceptors (Lipinski definition) is 5. The zero-order valence-corrected chi connectivity index (χ0v) is 14.5. The molecule has 1 atom stereocenters. The first-order valence-electron chi connectivity index (χ1n) is 7.67. The number of nitrogens with one attached hydrogen (secondary N) is 1. The lowest BCUT2D eigenvalue weighted by Gasteiger charge is -2.14. The molecular formula is C17H20FN3O4. The highest BCUT2D eigenvalue weighted by Gasteiger charge is 2.19. The highest BCUT2D eigenvalue weighted by Crippen LogP contribution is 2.18. The highest BCUT2D eigenvalue weighted by atomic mass is 19.1. The van der Waals surface area contributed by atoms with E-state index in [1.165, 1.54) is 31.2 Å². The maximum absolute atomic E-state index is 12.8. The van der Waals surface area contributed by atoms with Gasteiger partial charge < -0.3 is 14.8 Å². The Hall–Kier alpha value is -2.90. The van der Waals surface area contributed by atoms with Gasteiger partial charge in [0.25, 0.3) is 5.91 Å². The van der Waals surface area contributed by atoms with E-state index < -0.39 is 30.4 Å². The van der Waals surface area contributed by atoms with Crippen molar-refractivity contribution < 1.29 is 23.5 Å². The van der Waals surface area contributed by atoms with Gasteiger partial charge in [-0.3, -0.25) is 9.48 Å². The Kier molecular flexibility index (Phi) is 5.74. The van der Waals surface area contributed by atoms with Crippen molar-refractivity contribution in [2.75, 3.05) is 11.9 Å². The van der Waals surface area contributed by atoms with E-state index in [1.807, 2.05) is 6.92 Å². The smallest absolute Gasteiger partial charge is 0.347 e. The predicted molar refractivity (Wildman–Crippen MR) is 88.8 cm³/mol. The number of halogens is 1. The number of ether oxygens (including phenoxy) is 2. The summed E-state index contributed by atoms with van der Waals surface area (Å²) in [6, 6.07) is 5.25. The van der Waals surface area contributed by atoms with Crippen molar-refractivity contribution in [2.24, 2.45) is 7.05 Å². The van der Waals surface area contributed by atoms with Crippen LogP contribution in [0, 0.1) is 19.7 Å². The summed E-state index contributed by atoms with van der Waals surface area (Å²) >= 11 is 0. The molecule has 1 N–H and O–H groups in total. The van der Waals surface area contributed by atoms with Crippen LogP contribution in [0.1, 0.15) is 18.3 Å². The van der Waals surface area contributed by atoms with Gasteiger partial charge in [0.05, 0.1) is 17.1 Å². The molecule has 0 unspecified atom stereocenters. The summed E-state index contributed by atoms with van der Waals surface area (Å²) in [5.41, 5.74) is 2.07. The number of aromatic nitrogens is 2. The van der Waals surface area contributed by atoms with E-state index >= 15 is 0 Å². The van der Waals surface area contributed by atoms with Crippen LogP contribution < -0.4 is 10.1 Å². The van der Waals surface area contributed by atoms with Crippen LogP contribution in [0.3, 0.4) is 0 Å². The normalized spacial score (nSPS) is 11.7. The first-order chi connectivity index (χ1) is 11.8. The van der Waals surface area contributed by atoms with E-state index in [4.69, 9.17) is 9.47 Å². The molecule has 2 aromatic rings. The van der Waals surface area contributed by atoms with E-state index in [9.17, 15) is 14.0 Å². The van der Waals surface area contributed by atoms with Crippen molar-refractivity contribution in [3.05, 3.63) is 41.5 Å². The number of amides is 1. The molecular weight excluding hydrogens is 329 g/mol. The second-order valence-electron chi connectivity index (χ2n) is 5.54. The monoisotopic (exact) mass is 349 g/mol. The van der Waals surface area contributed by atoms with Gasteiger partial charge in [0.1, 0.15) is 11.6 Å². The van der Waals surface area contributed by atoms with Crippen molar-refractivity contribution >= 4 is 17.6 Å². The molecule has 0 spiro atoms. The summed E-state index contributed by atoms with van der Waals surface area (Å²) in [6.45, 7) is 4.64. The Morgan fingerprint density at radius 1 is 1.28 bits per heavy atom. The van der Waals surface area contributed by atoms with Gasteiger partial charge in [0.2, 0.25) is 0 Å². The minimum Gasteiger partial charge on any atom is -0.479 e. The molecule has 1 heterocycles. The summed E-state index contributed by atoms with van der Waals surface area (Å²) < 4.78 is 24.8. The topological polar surface area (TPSA) is 82.5 Å². The molecule has 0 fully saturated rings. The fourth-order valence-electron chi connectivity index (χ4n) is 2.15. The number of rotatable bonds is 6. The lowest BCUT2D eigenvalue weighted by atomic mass is 10.3. The van der Waals surface area contributed by atoms with Gasteiger partial charge in [-0.2, -0.15) is 5.10 Å². The molecule has 0 radical (unpaired) electrons. The van der Waals surface area contributed by atoms with Crippen molar-refractivity contribution in [2.45, 2.75) is 26.9 Å². The molecule has 134 valence electrons. The molecule has 0 saturated carbocycles. The zero-order valence-electron chi connectivity index (χ0n) is 14.5. The van der Waals surface area contributed by atoms with Gasteiger partial charge in [0, 0.05) is 7.05 Å². The van der Waals surface area contributed by atoms with Crippen molar-refractivity contribution in [1.82, 2.24) is 9.78 Å². The number of esters is 1. The first-order valence-corrected chi connectivity index (χ1v) is 7.67. The van der Waals surface area contributed by atoms with Crippen molar-refractivity contribution in [3.63, 3.8) is 0 Å². The Bertz CT molecular complexity index is 771. The van der Waals surface area contributed by atoms with Gasteiger partial charge in [-0.25, -0.2) is 9.18 Å². The molecule has 25 heavy (non-hydrogen) atoms. The summed E-state index contributed by atoms with van der Waals surface area (Å²) in [6.07, 6.45) is -0.930. The van der Waals surface area contributed by atoms with Crippen LogP contribution in [-0.4, -0.2) is 34.4 Å². The van der Waals surface area contributed by atoms with Gasteiger partial charge in [-0.05, 0) is 45.0 Å². The number of anilines is 1. The molecule has 1 amide bonds. The Morgan fingerprint density at radius 3 is 2.48 bits per heavy atom. The van der Waals surface area contributed by atoms with E-state index in [1.54, 1.807) is 18.7 Å². The van der Waals surface area contributed by atoms with Crippen LogP contribution in [0.4, 0.5) is 10.1 Å². The SMILES string of the molecule is Cc1nn(C)c(C)c1NC(=O)COC(=O)[C@H](C)Oc1ccc(F)cc1. The third-order valence-corrected chi connectivity index (χ3v) is 3.58. The molecule has 0 aliphatic carbocycles. The molecule has 8 heteroatoms. The molecule has 0 bridgehead atoms. The van der Waals surface area contributed by atoms with E-state index in [0.717, 1.165) is 5.69 Å². The molecule has 0 aliphatic heterocycles. The summed E-state index contributed by atoms with van der Waals surface area (Å²) in [5.74, 6) is -1.24. The number of nitrogens with zero attached hydrogens (tertiary/aromatic N) is 2. The number of carbonyl (C=O) groups is 2. The van der Waals surface area contributed by atoms with Crippen LogP contribution in [0.15, 0.2) is 24.3 Å². The van der Waals surface area contributed by atoms with Gasteiger partial charge in [-0.15, -0.1) is 0 Å². The predicted octanol–water partition coefficient (Wildman–Crippen LogP) is 2.13. The Labute approximate surface area is 144 Å². The maximum Gasteiger partial charge on any atom is 0.347 e. The summed E-state index contributed by atoms with van der Waals surface area (Å²) in [7, 11) is 1.77. The third-order valence-electron chi connectivity index (χ3n) is 3.58. The summed E-state index contributed by atoms with van der Waals surface area (Å²) in [4.78, 5) is 23.8. The van der Waals surface area contributed by atoms with E-state index in [0.29, 0.717) is 17.1 Å². The van der Waals surface area contributed by atoms with E-state index in [2.05, 4.69) is 10.4 Å². The Morgan fingerprint density at radius 2 is 1.92 bits per heavy atom. The number of hydrogen-bond donors (Lipinski definition) is 1. The molecule has 0 aliphatic rings. The quantitative estimate of drug-likeness (QED) is 0.808. The second kappa shape index (κ2) is 7.78. The van der Waals surface area contributed by atoms with Gasteiger partial charge in [0.15, 0.2) is 12.7 Å². The van der Waals surface area contributed by atoms with Crippen LogP contribution in [-0.2, 0) is 21.4 Å². The number of carbonyl (C=O) groups excluding carboxylic acids is 2. The zero-order chi connectivity index (χ0) is 18.6. The average Bonchev–Trinajstić information content (AvgIpc) is 2.81. The lowest BCUT2D eigenvalue weighted by molar-refractivity contribution is -0.153. The van der Waals surface area contributed by atoms with Gasteiger partial charge in [-0.1, -0.05) is 0 Å². The minimum atomic E-state index is -0.930. The Balaban J connectivity index is 1.84. The maximum atomic E-state index is 12.8. The van der Waals surface area contributed by atoms with Crippen molar-refractivity contribution in [1.29, 1.82) is 0 Å². The number of aryl methyl sites for hydroxylation is 2.